The minimum absolute atomic E-state index is 0.0171. The van der Waals surface area contributed by atoms with Gasteiger partial charge >= 0.3 is 0 Å². The van der Waals surface area contributed by atoms with Gasteiger partial charge < -0.3 is 4.57 Å². The lowest BCUT2D eigenvalue weighted by Crippen LogP contribution is -2.34. The molecular formula is C61H47N5. The third-order valence-corrected chi connectivity index (χ3v) is 14.6. The zero-order valence-corrected chi connectivity index (χ0v) is 37.5. The number of para-hydroxylation sites is 1. The molecule has 12 aromatic rings. The minimum atomic E-state index is -0.0698. The predicted molar refractivity (Wildman–Crippen MR) is 275 cm³/mol. The van der Waals surface area contributed by atoms with Crippen LogP contribution >= 0.6 is 0 Å². The van der Waals surface area contributed by atoms with Crippen LogP contribution in [0.4, 0.5) is 0 Å². The number of hydrogen-bond acceptors (Lipinski definition) is 3. The van der Waals surface area contributed by atoms with Gasteiger partial charge in [0.15, 0.2) is 11.6 Å². The number of hydrogen-bond donors (Lipinski definition) is 0. The summed E-state index contributed by atoms with van der Waals surface area (Å²) in [5, 5.41) is 9.60. The molecule has 66 heavy (non-hydrogen) atoms. The van der Waals surface area contributed by atoms with Crippen molar-refractivity contribution in [3.05, 3.63) is 199 Å². The first-order valence-corrected chi connectivity index (χ1v) is 23.2. The average Bonchev–Trinajstić information content (AvgIpc) is 3.87. The molecular weight excluding hydrogens is 803 g/mol. The molecule has 0 fully saturated rings. The van der Waals surface area contributed by atoms with E-state index >= 15 is 0 Å². The van der Waals surface area contributed by atoms with Gasteiger partial charge in [-0.25, -0.2) is 4.98 Å². The lowest BCUT2D eigenvalue weighted by atomic mass is 9.62. The topological polar surface area (TPSA) is 48.5 Å². The zero-order chi connectivity index (χ0) is 44.3. The Hall–Kier alpha value is -7.89. The summed E-state index contributed by atoms with van der Waals surface area (Å²) in [6.45, 7) is 9.71. The van der Waals surface area contributed by atoms with Gasteiger partial charge in [0.2, 0.25) is 5.95 Å². The SMILES string of the molecule is CC1(C)CCC(C)(C)c2c1ccc1c2c2cc3c(cc2n1-c1nc(-c2ccccc2)nc(-c2ccc(-c4ccccc4)c4ccccc24)n1)c1c2ccccc2ccc1n3-c1ccccc1. The van der Waals surface area contributed by atoms with Gasteiger partial charge in [-0.1, -0.05) is 173 Å². The molecule has 0 bridgehead atoms. The smallest absolute Gasteiger partial charge is 0.238 e. The van der Waals surface area contributed by atoms with E-state index in [1.165, 1.54) is 65.6 Å². The second-order valence-corrected chi connectivity index (χ2v) is 19.4. The molecule has 0 N–H and O–H groups in total. The van der Waals surface area contributed by atoms with E-state index in [4.69, 9.17) is 15.0 Å². The molecule has 0 radical (unpaired) electrons. The van der Waals surface area contributed by atoms with Gasteiger partial charge in [0.25, 0.3) is 0 Å². The maximum atomic E-state index is 5.58. The zero-order valence-electron chi connectivity index (χ0n) is 37.5. The first-order valence-electron chi connectivity index (χ1n) is 23.2. The Morgan fingerprint density at radius 3 is 1.68 bits per heavy atom. The van der Waals surface area contributed by atoms with Gasteiger partial charge in [0, 0.05) is 38.4 Å². The third-order valence-electron chi connectivity index (χ3n) is 14.6. The molecule has 0 unspecified atom stereocenters. The Labute approximate surface area is 383 Å². The monoisotopic (exact) mass is 849 g/mol. The molecule has 9 aromatic carbocycles. The summed E-state index contributed by atoms with van der Waals surface area (Å²) in [6, 6.07) is 67.8. The van der Waals surface area contributed by atoms with Crippen LogP contribution in [0.2, 0.25) is 0 Å². The van der Waals surface area contributed by atoms with Gasteiger partial charge in [0.05, 0.1) is 22.1 Å². The molecule has 13 rings (SSSR count). The molecule has 5 heteroatoms. The molecule has 1 aliphatic rings. The van der Waals surface area contributed by atoms with Crippen LogP contribution in [-0.4, -0.2) is 24.1 Å². The molecule has 3 heterocycles. The molecule has 0 amide bonds. The predicted octanol–water partition coefficient (Wildman–Crippen LogP) is 15.7. The number of nitrogens with zero attached hydrogens (tertiary/aromatic N) is 5. The first kappa shape index (κ1) is 38.6. The van der Waals surface area contributed by atoms with Crippen LogP contribution in [0.5, 0.6) is 0 Å². The molecule has 1 aliphatic carbocycles. The summed E-state index contributed by atoms with van der Waals surface area (Å²) in [5.74, 6) is 1.87. The Morgan fingerprint density at radius 1 is 0.394 bits per heavy atom. The van der Waals surface area contributed by atoms with Crippen molar-refractivity contribution < 1.29 is 0 Å². The largest absolute Gasteiger partial charge is 0.309 e. The number of benzene rings is 9. The van der Waals surface area contributed by atoms with Crippen LogP contribution in [0.15, 0.2) is 188 Å². The Morgan fingerprint density at radius 2 is 0.939 bits per heavy atom. The fraction of sp³-hybridized carbons (Fsp3) is 0.131. The second-order valence-electron chi connectivity index (χ2n) is 19.4. The Bertz CT molecular complexity index is 3920. The van der Waals surface area contributed by atoms with Gasteiger partial charge in [-0.15, -0.1) is 0 Å². The van der Waals surface area contributed by atoms with Crippen LogP contribution < -0.4 is 0 Å². The standard InChI is InChI=1S/C61H47N5/c1-60(2)34-35-61(3,4)56-49(60)31-33-51-55(56)48-37-52-47(54-43-25-15-14-20-39(43)28-32-50(54)65(52)41-23-12-7-13-24-41)36-53(48)66(51)59-63-57(40-21-10-6-11-22-40)62-58(64-59)46-30-29-42(38-18-8-5-9-19-38)44-26-16-17-27-45(44)46/h5-33,36-37H,34-35H2,1-4H3. The fourth-order valence-corrected chi connectivity index (χ4v) is 11.3. The van der Waals surface area contributed by atoms with E-state index < -0.39 is 0 Å². The number of fused-ring (bicyclic) bond motifs is 11. The van der Waals surface area contributed by atoms with Crippen LogP contribution in [0, 0.1) is 0 Å². The quantitative estimate of drug-likeness (QED) is 0.173. The summed E-state index contributed by atoms with van der Waals surface area (Å²) in [7, 11) is 0. The molecule has 0 aliphatic heterocycles. The van der Waals surface area contributed by atoms with Crippen LogP contribution in [-0.2, 0) is 10.8 Å². The Kier molecular flexibility index (Phi) is 8.36. The molecule has 0 saturated heterocycles. The van der Waals surface area contributed by atoms with Crippen molar-refractivity contribution in [2.45, 2.75) is 51.4 Å². The summed E-state index contributed by atoms with van der Waals surface area (Å²) < 4.78 is 4.81. The van der Waals surface area contributed by atoms with Crippen molar-refractivity contribution >= 4 is 65.2 Å². The van der Waals surface area contributed by atoms with E-state index in [0.29, 0.717) is 17.6 Å². The summed E-state index contributed by atoms with van der Waals surface area (Å²) in [4.78, 5) is 16.4. The molecule has 316 valence electrons. The van der Waals surface area contributed by atoms with Crippen molar-refractivity contribution in [1.82, 2.24) is 24.1 Å². The highest BCUT2D eigenvalue weighted by molar-refractivity contribution is 6.25. The van der Waals surface area contributed by atoms with Crippen LogP contribution in [0.3, 0.4) is 0 Å². The maximum absolute atomic E-state index is 5.58. The number of aromatic nitrogens is 5. The summed E-state index contributed by atoms with van der Waals surface area (Å²) >= 11 is 0. The van der Waals surface area contributed by atoms with Crippen LogP contribution in [0.1, 0.15) is 51.7 Å². The highest BCUT2D eigenvalue weighted by Crippen LogP contribution is 2.52. The highest BCUT2D eigenvalue weighted by Gasteiger charge is 2.39. The highest BCUT2D eigenvalue weighted by atomic mass is 15.2. The van der Waals surface area contributed by atoms with Gasteiger partial charge in [-0.05, 0) is 110 Å². The maximum Gasteiger partial charge on any atom is 0.238 e. The van der Waals surface area contributed by atoms with E-state index in [9.17, 15) is 0 Å². The molecule has 0 atom stereocenters. The fourth-order valence-electron chi connectivity index (χ4n) is 11.3. The van der Waals surface area contributed by atoms with E-state index in [0.717, 1.165) is 51.5 Å². The summed E-state index contributed by atoms with van der Waals surface area (Å²) in [5.41, 5.74) is 12.7. The van der Waals surface area contributed by atoms with Crippen LogP contribution in [0.25, 0.3) is 111 Å². The molecule has 0 spiro atoms. The van der Waals surface area contributed by atoms with Gasteiger partial charge in [-0.2, -0.15) is 9.97 Å². The van der Waals surface area contributed by atoms with Gasteiger partial charge in [-0.3, -0.25) is 4.57 Å². The molecule has 0 saturated carbocycles. The second kappa shape index (κ2) is 14.3. The third kappa shape index (κ3) is 5.75. The van der Waals surface area contributed by atoms with Crippen molar-refractivity contribution in [2.75, 3.05) is 0 Å². The normalized spacial score (nSPS) is 14.5. The molecule has 3 aromatic heterocycles. The Balaban J connectivity index is 1.19. The lowest BCUT2D eigenvalue weighted by Gasteiger charge is -2.42. The summed E-state index contributed by atoms with van der Waals surface area (Å²) in [6.07, 6.45) is 2.22. The van der Waals surface area contributed by atoms with Crippen molar-refractivity contribution in [2.24, 2.45) is 0 Å². The van der Waals surface area contributed by atoms with E-state index in [2.05, 4.69) is 219 Å². The first-order chi connectivity index (χ1) is 32.2. The van der Waals surface area contributed by atoms with Crippen molar-refractivity contribution in [3.63, 3.8) is 0 Å². The van der Waals surface area contributed by atoms with Gasteiger partial charge in [0.1, 0.15) is 0 Å². The molecule has 5 nitrogen and oxygen atoms in total. The van der Waals surface area contributed by atoms with E-state index in [1.807, 2.05) is 6.07 Å². The van der Waals surface area contributed by atoms with E-state index in [-0.39, 0.29) is 10.8 Å². The lowest BCUT2D eigenvalue weighted by molar-refractivity contribution is 0.334. The van der Waals surface area contributed by atoms with Crippen molar-refractivity contribution in [1.29, 1.82) is 0 Å². The van der Waals surface area contributed by atoms with Crippen molar-refractivity contribution in [3.8, 4) is 45.5 Å². The number of rotatable bonds is 5. The van der Waals surface area contributed by atoms with E-state index in [1.54, 1.807) is 0 Å². The minimum Gasteiger partial charge on any atom is -0.309 e. The average molecular weight is 850 g/mol.